The standard InChI is InChI=1S/C6H14N2O2/c7-4-2-1-3-5(8)6-9-10-6/h5-6H,1-4,7-8H2/t5-/m0/s1. The molecular formula is C6H14N2O2. The quantitative estimate of drug-likeness (QED) is 0.318. The third-order valence-corrected chi connectivity index (χ3v) is 1.55. The largest absolute Gasteiger partial charge is 0.330 e. The topological polar surface area (TPSA) is 77.1 Å². The van der Waals surface area contributed by atoms with Crippen LogP contribution < -0.4 is 11.5 Å². The molecular weight excluding hydrogens is 132 g/mol. The predicted molar refractivity (Wildman–Crippen MR) is 36.8 cm³/mol. The van der Waals surface area contributed by atoms with E-state index in [-0.39, 0.29) is 12.3 Å². The molecule has 0 bridgehead atoms. The van der Waals surface area contributed by atoms with Gasteiger partial charge in [0.2, 0.25) is 6.29 Å². The van der Waals surface area contributed by atoms with E-state index in [1.807, 2.05) is 0 Å². The number of hydrogen-bond donors (Lipinski definition) is 2. The second-order valence-electron chi connectivity index (χ2n) is 2.51. The second-order valence-corrected chi connectivity index (χ2v) is 2.51. The van der Waals surface area contributed by atoms with Gasteiger partial charge in [0.05, 0.1) is 6.04 Å². The minimum absolute atomic E-state index is 0.0338. The number of hydrogen-bond acceptors (Lipinski definition) is 4. The van der Waals surface area contributed by atoms with E-state index in [4.69, 9.17) is 11.5 Å². The highest BCUT2D eigenvalue weighted by Gasteiger charge is 2.32. The van der Waals surface area contributed by atoms with E-state index in [2.05, 4.69) is 9.78 Å². The van der Waals surface area contributed by atoms with Gasteiger partial charge in [-0.2, -0.15) is 9.78 Å². The van der Waals surface area contributed by atoms with Crippen LogP contribution in [0.1, 0.15) is 19.3 Å². The van der Waals surface area contributed by atoms with E-state index < -0.39 is 0 Å². The van der Waals surface area contributed by atoms with Crippen molar-refractivity contribution in [3.63, 3.8) is 0 Å². The molecule has 60 valence electrons. The molecule has 10 heavy (non-hydrogen) atoms. The molecule has 0 aromatic rings. The summed E-state index contributed by atoms with van der Waals surface area (Å²) in [5.74, 6) is 0. The Bertz CT molecular complexity index is 95.7. The summed E-state index contributed by atoms with van der Waals surface area (Å²) in [6.07, 6.45) is 2.88. The lowest BCUT2D eigenvalue weighted by Gasteiger charge is -2.03. The Kier molecular flexibility index (Phi) is 3.08. The first-order valence-electron chi connectivity index (χ1n) is 3.62. The van der Waals surface area contributed by atoms with Crippen molar-refractivity contribution in [3.05, 3.63) is 0 Å². The zero-order valence-electron chi connectivity index (χ0n) is 5.95. The highest BCUT2D eigenvalue weighted by molar-refractivity contribution is 4.67. The molecule has 0 amide bonds. The lowest BCUT2D eigenvalue weighted by atomic mass is 10.1. The Balaban J connectivity index is 1.90. The van der Waals surface area contributed by atoms with Crippen molar-refractivity contribution in [2.45, 2.75) is 31.6 Å². The molecule has 0 aromatic carbocycles. The van der Waals surface area contributed by atoms with E-state index in [1.54, 1.807) is 0 Å². The van der Waals surface area contributed by atoms with Crippen molar-refractivity contribution in [2.24, 2.45) is 11.5 Å². The van der Waals surface area contributed by atoms with Crippen LogP contribution in [0.15, 0.2) is 0 Å². The van der Waals surface area contributed by atoms with Crippen molar-refractivity contribution in [1.29, 1.82) is 0 Å². The van der Waals surface area contributed by atoms with Crippen molar-refractivity contribution < 1.29 is 9.78 Å². The fourth-order valence-electron chi connectivity index (χ4n) is 0.835. The van der Waals surface area contributed by atoms with E-state index in [9.17, 15) is 0 Å². The molecule has 0 aliphatic carbocycles. The first-order chi connectivity index (χ1) is 4.84. The van der Waals surface area contributed by atoms with Crippen LogP contribution in [-0.2, 0) is 9.78 Å². The van der Waals surface area contributed by atoms with E-state index in [0.29, 0.717) is 0 Å². The van der Waals surface area contributed by atoms with Gasteiger partial charge in [-0.05, 0) is 19.4 Å². The highest BCUT2D eigenvalue weighted by Crippen LogP contribution is 2.18. The van der Waals surface area contributed by atoms with Gasteiger partial charge < -0.3 is 11.5 Å². The average Bonchev–Trinajstić information content (AvgIpc) is 2.69. The third-order valence-electron chi connectivity index (χ3n) is 1.55. The van der Waals surface area contributed by atoms with Gasteiger partial charge in [-0.15, -0.1) is 0 Å². The zero-order chi connectivity index (χ0) is 7.40. The van der Waals surface area contributed by atoms with E-state index >= 15 is 0 Å². The molecule has 4 heteroatoms. The summed E-state index contributed by atoms with van der Waals surface area (Å²) in [6.45, 7) is 0.735. The first kappa shape index (κ1) is 7.94. The predicted octanol–water partition coefficient (Wildman–Crippen LogP) is -0.269. The van der Waals surface area contributed by atoms with E-state index in [0.717, 1.165) is 25.8 Å². The van der Waals surface area contributed by atoms with Crippen LogP contribution in [0.4, 0.5) is 0 Å². The highest BCUT2D eigenvalue weighted by atomic mass is 17.4. The van der Waals surface area contributed by atoms with Gasteiger partial charge >= 0.3 is 0 Å². The van der Waals surface area contributed by atoms with Gasteiger partial charge in [0, 0.05) is 0 Å². The summed E-state index contributed by atoms with van der Waals surface area (Å²) >= 11 is 0. The summed E-state index contributed by atoms with van der Waals surface area (Å²) in [5.41, 5.74) is 10.9. The molecule has 1 aliphatic rings. The molecule has 4 nitrogen and oxygen atoms in total. The summed E-state index contributed by atoms with van der Waals surface area (Å²) < 4.78 is 0. The molecule has 1 heterocycles. The minimum atomic E-state index is -0.141. The van der Waals surface area contributed by atoms with Gasteiger partial charge in [0.25, 0.3) is 0 Å². The molecule has 0 radical (unpaired) electrons. The van der Waals surface area contributed by atoms with Gasteiger partial charge in [-0.1, -0.05) is 6.42 Å². The van der Waals surface area contributed by atoms with Crippen molar-refractivity contribution in [1.82, 2.24) is 0 Å². The van der Waals surface area contributed by atoms with Crippen LogP contribution >= 0.6 is 0 Å². The van der Waals surface area contributed by atoms with Crippen LogP contribution in [0.25, 0.3) is 0 Å². The molecule has 4 N–H and O–H groups in total. The summed E-state index contributed by atoms with van der Waals surface area (Å²) in [4.78, 5) is 9.09. The average molecular weight is 146 g/mol. The minimum Gasteiger partial charge on any atom is -0.330 e. The molecule has 0 aromatic heterocycles. The van der Waals surface area contributed by atoms with Gasteiger partial charge in [-0.3, -0.25) is 0 Å². The lowest BCUT2D eigenvalue weighted by molar-refractivity contribution is 0.0850. The summed E-state index contributed by atoms with van der Waals surface area (Å²) in [7, 11) is 0. The maximum Gasteiger partial charge on any atom is 0.239 e. The van der Waals surface area contributed by atoms with Crippen molar-refractivity contribution >= 4 is 0 Å². The number of unbranched alkanes of at least 4 members (excludes halogenated alkanes) is 1. The Morgan fingerprint density at radius 3 is 2.50 bits per heavy atom. The molecule has 0 saturated carbocycles. The maximum atomic E-state index is 5.63. The molecule has 1 saturated heterocycles. The normalized spacial score (nSPS) is 21.0. The SMILES string of the molecule is NCCCC[C@H](N)C1OO1. The Hall–Kier alpha value is -0.160. The number of rotatable bonds is 5. The molecule has 0 unspecified atom stereocenters. The maximum absolute atomic E-state index is 5.63. The first-order valence-corrected chi connectivity index (χ1v) is 3.62. The zero-order valence-corrected chi connectivity index (χ0v) is 5.95. The number of nitrogens with two attached hydrogens (primary N) is 2. The smallest absolute Gasteiger partial charge is 0.239 e. The monoisotopic (exact) mass is 146 g/mol. The van der Waals surface area contributed by atoms with Crippen LogP contribution in [0.3, 0.4) is 0 Å². The third kappa shape index (κ3) is 2.62. The van der Waals surface area contributed by atoms with Gasteiger partial charge in [0.1, 0.15) is 0 Å². The van der Waals surface area contributed by atoms with Crippen molar-refractivity contribution in [3.8, 4) is 0 Å². The van der Waals surface area contributed by atoms with Gasteiger partial charge in [0.15, 0.2) is 0 Å². The molecule has 1 rings (SSSR count). The Morgan fingerprint density at radius 2 is 2.00 bits per heavy atom. The van der Waals surface area contributed by atoms with Crippen LogP contribution in [0.2, 0.25) is 0 Å². The molecule has 1 atom stereocenters. The van der Waals surface area contributed by atoms with Crippen LogP contribution in [0.5, 0.6) is 0 Å². The van der Waals surface area contributed by atoms with Crippen LogP contribution in [0, 0.1) is 0 Å². The van der Waals surface area contributed by atoms with Gasteiger partial charge in [-0.25, -0.2) is 0 Å². The summed E-state index contributed by atoms with van der Waals surface area (Å²) in [6, 6.07) is 0.0338. The molecule has 0 spiro atoms. The molecule has 1 fully saturated rings. The fraction of sp³-hybridized carbons (Fsp3) is 1.00. The van der Waals surface area contributed by atoms with Crippen LogP contribution in [-0.4, -0.2) is 18.9 Å². The lowest BCUT2D eigenvalue weighted by Crippen LogP contribution is -2.26. The van der Waals surface area contributed by atoms with E-state index in [1.165, 1.54) is 0 Å². The summed E-state index contributed by atoms with van der Waals surface area (Å²) in [5, 5.41) is 0. The fourth-order valence-corrected chi connectivity index (χ4v) is 0.835. The molecule has 1 aliphatic heterocycles. The second kappa shape index (κ2) is 3.88. The Morgan fingerprint density at radius 1 is 1.30 bits per heavy atom. The Labute approximate surface area is 60.4 Å². The van der Waals surface area contributed by atoms with Crippen molar-refractivity contribution in [2.75, 3.05) is 6.54 Å².